The molecule has 4 nitrogen and oxygen atoms in total. The lowest BCUT2D eigenvalue weighted by Gasteiger charge is -2.27. The summed E-state index contributed by atoms with van der Waals surface area (Å²) < 4.78 is 5.20. The number of amides is 2. The molecule has 0 unspecified atom stereocenters. The number of hydrogen-bond donors (Lipinski definition) is 1. The molecule has 0 atom stereocenters. The van der Waals surface area contributed by atoms with Gasteiger partial charge < -0.3 is 15.0 Å². The molecule has 24 heavy (non-hydrogen) atoms. The number of urea groups is 1. The molecule has 2 aromatic rings. The standard InChI is InChI=1S/C20H22N2O2/c1-24-19-9-5-6-16(14-19)15-21-20(23)22-12-10-18(11-13-22)17-7-3-2-4-8-17/h2-10,14H,11-13,15H2,1H3,(H,21,23). The fourth-order valence-electron chi connectivity index (χ4n) is 2.84. The number of hydrogen-bond acceptors (Lipinski definition) is 2. The third kappa shape index (κ3) is 3.96. The van der Waals surface area contributed by atoms with Crippen LogP contribution in [0, 0.1) is 0 Å². The van der Waals surface area contributed by atoms with E-state index in [0.29, 0.717) is 13.1 Å². The third-order valence-corrected chi connectivity index (χ3v) is 4.22. The molecule has 0 aliphatic carbocycles. The molecule has 4 heteroatoms. The monoisotopic (exact) mass is 322 g/mol. The Kier molecular flexibility index (Phi) is 5.16. The summed E-state index contributed by atoms with van der Waals surface area (Å²) in [6, 6.07) is 18.0. The molecule has 0 saturated carbocycles. The average molecular weight is 322 g/mol. The Morgan fingerprint density at radius 1 is 1.17 bits per heavy atom. The van der Waals surface area contributed by atoms with Gasteiger partial charge in [0.1, 0.15) is 5.75 Å². The van der Waals surface area contributed by atoms with Crippen LogP contribution in [-0.2, 0) is 6.54 Å². The van der Waals surface area contributed by atoms with Gasteiger partial charge in [-0.25, -0.2) is 4.79 Å². The van der Waals surface area contributed by atoms with Crippen LogP contribution in [0.25, 0.3) is 5.57 Å². The predicted octanol–water partition coefficient (Wildman–Crippen LogP) is 3.69. The number of ether oxygens (including phenoxy) is 1. The summed E-state index contributed by atoms with van der Waals surface area (Å²) in [6.07, 6.45) is 3.03. The van der Waals surface area contributed by atoms with Crippen molar-refractivity contribution in [2.24, 2.45) is 0 Å². The topological polar surface area (TPSA) is 41.6 Å². The minimum absolute atomic E-state index is 0.0267. The van der Waals surface area contributed by atoms with E-state index < -0.39 is 0 Å². The molecule has 0 fully saturated rings. The Bertz CT molecular complexity index is 725. The van der Waals surface area contributed by atoms with Crippen LogP contribution >= 0.6 is 0 Å². The van der Waals surface area contributed by atoms with Crippen molar-refractivity contribution in [3.05, 3.63) is 71.8 Å². The average Bonchev–Trinajstić information content (AvgIpc) is 2.67. The van der Waals surface area contributed by atoms with Gasteiger partial charge in [-0.3, -0.25) is 0 Å². The fraction of sp³-hybridized carbons (Fsp3) is 0.250. The van der Waals surface area contributed by atoms with Gasteiger partial charge in [-0.2, -0.15) is 0 Å². The van der Waals surface area contributed by atoms with E-state index in [9.17, 15) is 4.79 Å². The summed E-state index contributed by atoms with van der Waals surface area (Å²) in [6.45, 7) is 1.89. The zero-order chi connectivity index (χ0) is 16.8. The normalized spacial score (nSPS) is 14.0. The van der Waals surface area contributed by atoms with Crippen molar-refractivity contribution < 1.29 is 9.53 Å². The van der Waals surface area contributed by atoms with E-state index in [2.05, 4.69) is 23.5 Å². The predicted molar refractivity (Wildman–Crippen MR) is 95.8 cm³/mol. The molecule has 1 aliphatic rings. The summed E-state index contributed by atoms with van der Waals surface area (Å²) in [5.41, 5.74) is 3.58. The number of carbonyl (C=O) groups is 1. The molecule has 0 aromatic heterocycles. The van der Waals surface area contributed by atoms with E-state index >= 15 is 0 Å². The van der Waals surface area contributed by atoms with Gasteiger partial charge in [0.2, 0.25) is 0 Å². The molecule has 3 rings (SSSR count). The maximum absolute atomic E-state index is 12.3. The summed E-state index contributed by atoms with van der Waals surface area (Å²) in [5.74, 6) is 0.801. The minimum Gasteiger partial charge on any atom is -0.497 e. The van der Waals surface area contributed by atoms with Gasteiger partial charge in [-0.1, -0.05) is 48.5 Å². The van der Waals surface area contributed by atoms with Crippen LogP contribution in [0.2, 0.25) is 0 Å². The summed E-state index contributed by atoms with van der Waals surface area (Å²) in [4.78, 5) is 14.2. The highest BCUT2D eigenvalue weighted by atomic mass is 16.5. The number of nitrogens with one attached hydrogen (secondary N) is 1. The van der Waals surface area contributed by atoms with Crippen LogP contribution in [0.3, 0.4) is 0 Å². The number of methoxy groups -OCH3 is 1. The number of rotatable bonds is 4. The van der Waals surface area contributed by atoms with Gasteiger partial charge in [-0.05, 0) is 35.3 Å². The maximum Gasteiger partial charge on any atom is 0.317 e. The Morgan fingerprint density at radius 3 is 2.71 bits per heavy atom. The first-order chi connectivity index (χ1) is 11.8. The van der Waals surface area contributed by atoms with E-state index in [-0.39, 0.29) is 6.03 Å². The van der Waals surface area contributed by atoms with Crippen LogP contribution in [0.1, 0.15) is 17.5 Å². The maximum atomic E-state index is 12.3. The number of benzene rings is 2. The molecular weight excluding hydrogens is 300 g/mol. The molecular formula is C20H22N2O2. The minimum atomic E-state index is -0.0267. The van der Waals surface area contributed by atoms with Gasteiger partial charge in [0.25, 0.3) is 0 Å². The van der Waals surface area contributed by atoms with E-state index in [1.54, 1.807) is 7.11 Å². The third-order valence-electron chi connectivity index (χ3n) is 4.22. The van der Waals surface area contributed by atoms with Crippen molar-refractivity contribution in [2.45, 2.75) is 13.0 Å². The summed E-state index contributed by atoms with van der Waals surface area (Å²) in [5, 5.41) is 2.98. The second kappa shape index (κ2) is 7.68. The van der Waals surface area contributed by atoms with Crippen LogP contribution in [0.15, 0.2) is 60.7 Å². The van der Waals surface area contributed by atoms with Gasteiger partial charge >= 0.3 is 6.03 Å². The lowest BCUT2D eigenvalue weighted by atomic mass is 10.00. The van der Waals surface area contributed by atoms with Crippen molar-refractivity contribution >= 4 is 11.6 Å². The molecule has 2 aromatic carbocycles. The molecule has 1 heterocycles. The molecule has 1 aliphatic heterocycles. The highest BCUT2D eigenvalue weighted by molar-refractivity contribution is 5.76. The molecule has 0 radical (unpaired) electrons. The smallest absolute Gasteiger partial charge is 0.317 e. The van der Waals surface area contributed by atoms with Crippen LogP contribution < -0.4 is 10.1 Å². The van der Waals surface area contributed by atoms with Gasteiger partial charge in [0, 0.05) is 19.6 Å². The fourth-order valence-corrected chi connectivity index (χ4v) is 2.84. The van der Waals surface area contributed by atoms with Crippen LogP contribution in [0.5, 0.6) is 5.75 Å². The van der Waals surface area contributed by atoms with Crippen LogP contribution in [-0.4, -0.2) is 31.1 Å². The lowest BCUT2D eigenvalue weighted by molar-refractivity contribution is 0.202. The molecule has 0 saturated heterocycles. The van der Waals surface area contributed by atoms with Crippen molar-refractivity contribution in [3.8, 4) is 5.75 Å². The molecule has 1 N–H and O–H groups in total. The van der Waals surface area contributed by atoms with Crippen LogP contribution in [0.4, 0.5) is 4.79 Å². The second-order valence-electron chi connectivity index (χ2n) is 5.80. The SMILES string of the molecule is COc1cccc(CNC(=O)N2CC=C(c3ccccc3)CC2)c1. The first-order valence-corrected chi connectivity index (χ1v) is 8.16. The Labute approximate surface area is 142 Å². The Balaban J connectivity index is 1.54. The van der Waals surface area contributed by atoms with E-state index in [1.165, 1.54) is 11.1 Å². The van der Waals surface area contributed by atoms with Crippen molar-refractivity contribution in [2.75, 3.05) is 20.2 Å². The highest BCUT2D eigenvalue weighted by Crippen LogP contribution is 2.22. The van der Waals surface area contributed by atoms with Crippen molar-refractivity contribution in [3.63, 3.8) is 0 Å². The first kappa shape index (κ1) is 16.1. The van der Waals surface area contributed by atoms with E-state index in [4.69, 9.17) is 4.74 Å². The van der Waals surface area contributed by atoms with E-state index in [0.717, 1.165) is 24.3 Å². The van der Waals surface area contributed by atoms with Gasteiger partial charge in [0.05, 0.1) is 7.11 Å². The molecule has 0 bridgehead atoms. The first-order valence-electron chi connectivity index (χ1n) is 8.16. The molecule has 124 valence electrons. The van der Waals surface area contributed by atoms with E-state index in [1.807, 2.05) is 47.4 Å². The summed E-state index contributed by atoms with van der Waals surface area (Å²) in [7, 11) is 1.64. The van der Waals surface area contributed by atoms with Gasteiger partial charge in [-0.15, -0.1) is 0 Å². The van der Waals surface area contributed by atoms with Crippen molar-refractivity contribution in [1.29, 1.82) is 0 Å². The Morgan fingerprint density at radius 2 is 2.00 bits per heavy atom. The largest absolute Gasteiger partial charge is 0.497 e. The number of nitrogens with zero attached hydrogens (tertiary/aromatic N) is 1. The lowest BCUT2D eigenvalue weighted by Crippen LogP contribution is -2.41. The number of carbonyl (C=O) groups excluding carboxylic acids is 1. The molecule has 2 amide bonds. The zero-order valence-electron chi connectivity index (χ0n) is 13.9. The zero-order valence-corrected chi connectivity index (χ0v) is 13.9. The van der Waals surface area contributed by atoms with Gasteiger partial charge in [0.15, 0.2) is 0 Å². The van der Waals surface area contributed by atoms with Crippen molar-refractivity contribution in [1.82, 2.24) is 10.2 Å². The second-order valence-corrected chi connectivity index (χ2v) is 5.80. The highest BCUT2D eigenvalue weighted by Gasteiger charge is 2.17. The summed E-state index contributed by atoms with van der Waals surface area (Å²) >= 11 is 0. The quantitative estimate of drug-likeness (QED) is 0.932. The molecule has 0 spiro atoms. The Hall–Kier alpha value is -2.75.